The molecule has 0 aliphatic rings. The van der Waals surface area contributed by atoms with Gasteiger partial charge in [-0.2, -0.15) is 9.90 Å². The average molecular weight is 509 g/mol. The van der Waals surface area contributed by atoms with Gasteiger partial charge in [0, 0.05) is 20.1 Å². The summed E-state index contributed by atoms with van der Waals surface area (Å²) in [5, 5.41) is 0. The summed E-state index contributed by atoms with van der Waals surface area (Å²) in [6.07, 6.45) is 26.1. The van der Waals surface area contributed by atoms with E-state index in [2.05, 4.69) is 27.7 Å². The van der Waals surface area contributed by atoms with Gasteiger partial charge in [0.1, 0.15) is 0 Å². The number of hydrogen-bond donors (Lipinski definition) is 0. The average Bonchev–Trinajstić information content (AvgIpc) is 2.80. The van der Waals surface area contributed by atoms with Crippen LogP contribution in [0, 0.1) is 0 Å². The minimum atomic E-state index is -0.652. The molecule has 0 aliphatic heterocycles. The first-order valence-electron chi connectivity index (χ1n) is 14.4. The maximum atomic E-state index is 7.53. The molecule has 33 heavy (non-hydrogen) atoms. The van der Waals surface area contributed by atoms with E-state index in [4.69, 9.17) is 21.1 Å². The molecule has 2 nitrogen and oxygen atoms in total. The molecule has 0 aliphatic carbocycles. The molecule has 0 radical (unpaired) electrons. The first-order chi connectivity index (χ1) is 15.6. The molecule has 0 saturated heterocycles. The van der Waals surface area contributed by atoms with E-state index in [-0.39, 0.29) is 9.90 Å². The van der Waals surface area contributed by atoms with Crippen molar-refractivity contribution in [2.75, 3.05) is 13.7 Å². The molecule has 0 aromatic heterocycles. The summed E-state index contributed by atoms with van der Waals surface area (Å²) in [6.45, 7) is 9.58. The SMILES string of the molecule is CCCCCCCCC(Cl)(CCCCCCCC)C(CCCCCCCC)(OC)OCC.P. The summed E-state index contributed by atoms with van der Waals surface area (Å²) in [5.41, 5.74) is 0. The standard InChI is InChI=1S/C29H59ClO2.H3P/c1-6-10-13-16-19-22-25-28(30,26-23-20-17-14-11-7-2)29(31-5,32-9-4)27-24-21-18-15-12-8-3;/h6-27H2,1-5H3;1H3. The highest BCUT2D eigenvalue weighted by atomic mass is 35.5. The highest BCUT2D eigenvalue weighted by molar-refractivity contribution is 6.92. The Balaban J connectivity index is 0. The van der Waals surface area contributed by atoms with Gasteiger partial charge in [0.25, 0.3) is 0 Å². The van der Waals surface area contributed by atoms with Crippen molar-refractivity contribution >= 4 is 21.5 Å². The number of hydrogen-bond acceptors (Lipinski definition) is 2. The Bertz CT molecular complexity index is 378. The monoisotopic (exact) mass is 508 g/mol. The van der Waals surface area contributed by atoms with Gasteiger partial charge in [-0.3, -0.25) is 0 Å². The topological polar surface area (TPSA) is 18.5 Å². The van der Waals surface area contributed by atoms with E-state index >= 15 is 0 Å². The van der Waals surface area contributed by atoms with E-state index in [0.717, 1.165) is 25.7 Å². The zero-order valence-electron chi connectivity index (χ0n) is 23.5. The van der Waals surface area contributed by atoms with Crippen LogP contribution in [0.2, 0.25) is 0 Å². The molecule has 2 unspecified atom stereocenters. The molecular weight excluding hydrogens is 447 g/mol. The lowest BCUT2D eigenvalue weighted by Crippen LogP contribution is -2.54. The van der Waals surface area contributed by atoms with E-state index in [1.54, 1.807) is 0 Å². The zero-order chi connectivity index (χ0) is 24.0. The van der Waals surface area contributed by atoms with E-state index in [0.29, 0.717) is 6.61 Å². The van der Waals surface area contributed by atoms with Crippen LogP contribution in [0.1, 0.15) is 163 Å². The largest absolute Gasteiger partial charge is 0.351 e. The number of unbranched alkanes of at least 4 members (excludes halogenated alkanes) is 15. The summed E-state index contributed by atoms with van der Waals surface area (Å²) in [6, 6.07) is 0. The molecule has 0 aromatic carbocycles. The molecule has 0 N–H and O–H groups in total. The lowest BCUT2D eigenvalue weighted by molar-refractivity contribution is -0.250. The Morgan fingerprint density at radius 1 is 0.515 bits per heavy atom. The minimum absolute atomic E-state index is 0. The second kappa shape index (κ2) is 24.3. The van der Waals surface area contributed by atoms with Gasteiger partial charge in [0.15, 0.2) is 5.79 Å². The number of methoxy groups -OCH3 is 1. The molecule has 2 atom stereocenters. The Hall–Kier alpha value is 0.640. The molecule has 0 bridgehead atoms. The van der Waals surface area contributed by atoms with Crippen molar-refractivity contribution in [1.82, 2.24) is 0 Å². The van der Waals surface area contributed by atoms with Gasteiger partial charge in [-0.25, -0.2) is 0 Å². The van der Waals surface area contributed by atoms with Gasteiger partial charge in [0.2, 0.25) is 0 Å². The van der Waals surface area contributed by atoms with E-state index < -0.39 is 10.7 Å². The van der Waals surface area contributed by atoms with Crippen LogP contribution < -0.4 is 0 Å². The number of ether oxygens (including phenoxy) is 2. The highest BCUT2D eigenvalue weighted by Crippen LogP contribution is 2.45. The van der Waals surface area contributed by atoms with Crippen molar-refractivity contribution in [2.24, 2.45) is 0 Å². The van der Waals surface area contributed by atoms with E-state index in [1.165, 1.54) is 109 Å². The number of halogens is 1. The second-order valence-electron chi connectivity index (χ2n) is 9.91. The van der Waals surface area contributed by atoms with Crippen molar-refractivity contribution < 1.29 is 9.47 Å². The Morgan fingerprint density at radius 2 is 0.848 bits per heavy atom. The normalized spacial score (nSPS) is 13.6. The smallest absolute Gasteiger partial charge is 0.187 e. The summed E-state index contributed by atoms with van der Waals surface area (Å²) in [7, 11) is 1.83. The highest BCUT2D eigenvalue weighted by Gasteiger charge is 2.50. The van der Waals surface area contributed by atoms with E-state index in [9.17, 15) is 0 Å². The first-order valence-corrected chi connectivity index (χ1v) is 14.8. The predicted molar refractivity (Wildman–Crippen MR) is 155 cm³/mol. The fourth-order valence-corrected chi connectivity index (χ4v) is 5.51. The molecule has 0 spiro atoms. The molecule has 4 heteroatoms. The third-order valence-corrected chi connectivity index (χ3v) is 7.77. The van der Waals surface area contributed by atoms with Crippen molar-refractivity contribution in [1.29, 1.82) is 0 Å². The second-order valence-corrected chi connectivity index (χ2v) is 10.6. The van der Waals surface area contributed by atoms with Crippen LogP contribution in [-0.4, -0.2) is 24.4 Å². The Kier molecular flexibility index (Phi) is 26.4. The lowest BCUT2D eigenvalue weighted by Gasteiger charge is -2.46. The molecule has 0 saturated carbocycles. The van der Waals surface area contributed by atoms with Gasteiger partial charge >= 0.3 is 0 Å². The van der Waals surface area contributed by atoms with Crippen LogP contribution in [0.5, 0.6) is 0 Å². The fourth-order valence-electron chi connectivity index (χ4n) is 5.02. The van der Waals surface area contributed by atoms with Gasteiger partial charge in [-0.15, -0.1) is 11.6 Å². The van der Waals surface area contributed by atoms with Crippen LogP contribution in [0.25, 0.3) is 0 Å². The molecule has 0 rings (SSSR count). The third-order valence-electron chi connectivity index (χ3n) is 7.10. The van der Waals surface area contributed by atoms with Crippen molar-refractivity contribution in [3.63, 3.8) is 0 Å². The lowest BCUT2D eigenvalue weighted by atomic mass is 9.83. The summed E-state index contributed by atoms with van der Waals surface area (Å²) in [5.74, 6) is -0.652. The maximum absolute atomic E-state index is 7.53. The van der Waals surface area contributed by atoms with Crippen LogP contribution in [-0.2, 0) is 9.47 Å². The molecule has 0 heterocycles. The molecule has 202 valence electrons. The zero-order valence-corrected chi connectivity index (χ0v) is 25.6. The summed E-state index contributed by atoms with van der Waals surface area (Å²) < 4.78 is 12.6. The van der Waals surface area contributed by atoms with Gasteiger partial charge in [0.05, 0.1) is 4.87 Å². The van der Waals surface area contributed by atoms with Crippen LogP contribution in [0.15, 0.2) is 0 Å². The first kappa shape index (κ1) is 35.8. The van der Waals surface area contributed by atoms with Gasteiger partial charge in [-0.1, -0.05) is 130 Å². The molecule has 0 fully saturated rings. The fraction of sp³-hybridized carbons (Fsp3) is 1.00. The minimum Gasteiger partial charge on any atom is -0.351 e. The third kappa shape index (κ3) is 16.1. The molecule has 0 aromatic rings. The van der Waals surface area contributed by atoms with Crippen LogP contribution in [0.4, 0.5) is 0 Å². The van der Waals surface area contributed by atoms with Gasteiger partial charge in [-0.05, 0) is 26.2 Å². The quantitative estimate of drug-likeness (QED) is 0.0528. The van der Waals surface area contributed by atoms with Crippen molar-refractivity contribution in [2.45, 2.75) is 173 Å². The van der Waals surface area contributed by atoms with Gasteiger partial charge < -0.3 is 9.47 Å². The summed E-state index contributed by atoms with van der Waals surface area (Å²) in [4.78, 5) is -0.420. The summed E-state index contributed by atoms with van der Waals surface area (Å²) >= 11 is 7.53. The Morgan fingerprint density at radius 3 is 1.18 bits per heavy atom. The Labute approximate surface area is 217 Å². The molecule has 0 amide bonds. The van der Waals surface area contributed by atoms with E-state index in [1.807, 2.05) is 7.11 Å². The maximum Gasteiger partial charge on any atom is 0.187 e. The number of alkyl halides is 1. The molecular formula is C29H62ClO2P. The predicted octanol–water partition coefficient (Wildman–Crippen LogP) is 10.7. The van der Waals surface area contributed by atoms with Crippen molar-refractivity contribution in [3.8, 4) is 0 Å². The van der Waals surface area contributed by atoms with Crippen LogP contribution >= 0.6 is 21.5 Å². The van der Waals surface area contributed by atoms with Crippen molar-refractivity contribution in [3.05, 3.63) is 0 Å². The van der Waals surface area contributed by atoms with Crippen LogP contribution in [0.3, 0.4) is 0 Å². The number of rotatable bonds is 25.